The monoisotopic (exact) mass is 243 g/mol. The van der Waals surface area contributed by atoms with Crippen LogP contribution in [-0.2, 0) is 6.42 Å². The molecule has 0 aliphatic carbocycles. The Labute approximate surface area is 109 Å². The lowest BCUT2D eigenvalue weighted by Gasteiger charge is -2.05. The fourth-order valence-electron chi connectivity index (χ4n) is 1.99. The Balaban J connectivity index is 2.37. The lowest BCUT2D eigenvalue weighted by Crippen LogP contribution is -2.02. The Morgan fingerprint density at radius 2 is 1.94 bits per heavy atom. The fraction of sp³-hybridized carbons (Fsp3) is 0.400. The van der Waals surface area contributed by atoms with Gasteiger partial charge in [0.05, 0.1) is 11.4 Å². The van der Waals surface area contributed by atoms with Gasteiger partial charge in [-0.1, -0.05) is 38.5 Å². The zero-order valence-corrected chi connectivity index (χ0v) is 11.4. The number of aromatic nitrogens is 2. The SMILES string of the molecule is CCC(C)Cc1nn(-c2ccccc2)c(N)c1C. The Kier molecular flexibility index (Phi) is 3.70. The van der Waals surface area contributed by atoms with E-state index in [1.165, 1.54) is 0 Å². The van der Waals surface area contributed by atoms with Crippen LogP contribution in [-0.4, -0.2) is 9.78 Å². The van der Waals surface area contributed by atoms with Gasteiger partial charge in [0.2, 0.25) is 0 Å². The first-order chi connectivity index (χ1) is 8.63. The second-order valence-electron chi connectivity index (χ2n) is 4.92. The Morgan fingerprint density at radius 3 is 2.56 bits per heavy atom. The van der Waals surface area contributed by atoms with Crippen molar-refractivity contribution in [3.05, 3.63) is 41.6 Å². The molecule has 0 spiro atoms. The maximum Gasteiger partial charge on any atom is 0.130 e. The quantitative estimate of drug-likeness (QED) is 0.895. The number of nitrogen functional groups attached to an aromatic ring is 1. The molecular weight excluding hydrogens is 222 g/mol. The Morgan fingerprint density at radius 1 is 1.28 bits per heavy atom. The van der Waals surface area contributed by atoms with Crippen LogP contribution in [0.3, 0.4) is 0 Å². The average Bonchev–Trinajstić information content (AvgIpc) is 2.68. The fourth-order valence-corrected chi connectivity index (χ4v) is 1.99. The van der Waals surface area contributed by atoms with Gasteiger partial charge in [0.25, 0.3) is 0 Å². The van der Waals surface area contributed by atoms with Crippen molar-refractivity contribution in [3.8, 4) is 5.69 Å². The van der Waals surface area contributed by atoms with E-state index in [1.807, 2.05) is 35.0 Å². The van der Waals surface area contributed by atoms with Crippen molar-refractivity contribution < 1.29 is 0 Å². The zero-order valence-electron chi connectivity index (χ0n) is 11.4. The molecule has 1 aromatic heterocycles. The maximum absolute atomic E-state index is 6.15. The molecule has 0 aliphatic heterocycles. The van der Waals surface area contributed by atoms with Crippen molar-refractivity contribution in [2.24, 2.45) is 5.92 Å². The molecule has 1 aromatic carbocycles. The number of hydrogen-bond acceptors (Lipinski definition) is 2. The number of hydrogen-bond donors (Lipinski definition) is 1. The average molecular weight is 243 g/mol. The molecule has 18 heavy (non-hydrogen) atoms. The molecule has 0 radical (unpaired) electrons. The van der Waals surface area contributed by atoms with E-state index in [-0.39, 0.29) is 0 Å². The first-order valence-corrected chi connectivity index (χ1v) is 6.52. The van der Waals surface area contributed by atoms with Crippen LogP contribution in [0.5, 0.6) is 0 Å². The van der Waals surface area contributed by atoms with Gasteiger partial charge in [-0.25, -0.2) is 4.68 Å². The topological polar surface area (TPSA) is 43.8 Å². The molecular formula is C15H21N3. The van der Waals surface area contributed by atoms with Gasteiger partial charge < -0.3 is 5.73 Å². The van der Waals surface area contributed by atoms with E-state index in [9.17, 15) is 0 Å². The van der Waals surface area contributed by atoms with E-state index >= 15 is 0 Å². The van der Waals surface area contributed by atoms with Crippen molar-refractivity contribution in [3.63, 3.8) is 0 Å². The van der Waals surface area contributed by atoms with Gasteiger partial charge in [-0.2, -0.15) is 5.10 Å². The minimum atomic E-state index is 0.641. The standard InChI is InChI=1S/C15H21N3/c1-4-11(2)10-14-12(3)15(16)18(17-14)13-8-6-5-7-9-13/h5-9,11H,4,10,16H2,1-3H3. The molecule has 2 rings (SSSR count). The minimum absolute atomic E-state index is 0.641. The third-order valence-electron chi connectivity index (χ3n) is 3.51. The van der Waals surface area contributed by atoms with Crippen LogP contribution >= 0.6 is 0 Å². The second-order valence-corrected chi connectivity index (χ2v) is 4.92. The first kappa shape index (κ1) is 12.7. The van der Waals surface area contributed by atoms with E-state index in [4.69, 9.17) is 5.73 Å². The van der Waals surface area contributed by atoms with E-state index in [0.717, 1.165) is 35.6 Å². The van der Waals surface area contributed by atoms with Gasteiger partial charge in [0.15, 0.2) is 0 Å². The highest BCUT2D eigenvalue weighted by molar-refractivity contribution is 5.49. The van der Waals surface area contributed by atoms with E-state index in [0.29, 0.717) is 5.92 Å². The summed E-state index contributed by atoms with van der Waals surface area (Å²) in [6.07, 6.45) is 2.16. The highest BCUT2D eigenvalue weighted by atomic mass is 15.3. The van der Waals surface area contributed by atoms with E-state index in [1.54, 1.807) is 0 Å². The van der Waals surface area contributed by atoms with Gasteiger partial charge in [0.1, 0.15) is 5.82 Å². The number of nitrogens with two attached hydrogens (primary N) is 1. The molecule has 0 saturated heterocycles. The van der Waals surface area contributed by atoms with Crippen LogP contribution in [0.1, 0.15) is 31.5 Å². The molecule has 0 aliphatic rings. The van der Waals surface area contributed by atoms with Gasteiger partial charge in [0, 0.05) is 5.56 Å². The summed E-state index contributed by atoms with van der Waals surface area (Å²) in [6, 6.07) is 10.0. The van der Waals surface area contributed by atoms with Gasteiger partial charge >= 0.3 is 0 Å². The summed E-state index contributed by atoms with van der Waals surface area (Å²) >= 11 is 0. The number of rotatable bonds is 4. The summed E-state index contributed by atoms with van der Waals surface area (Å²) in [6.45, 7) is 6.51. The Hall–Kier alpha value is -1.77. The molecule has 0 amide bonds. The van der Waals surface area contributed by atoms with Crippen LogP contribution in [0.15, 0.2) is 30.3 Å². The summed E-state index contributed by atoms with van der Waals surface area (Å²) in [5.41, 5.74) is 9.40. The lowest BCUT2D eigenvalue weighted by molar-refractivity contribution is 0.548. The Bertz CT molecular complexity index is 514. The summed E-state index contributed by atoms with van der Waals surface area (Å²) in [5.74, 6) is 1.39. The van der Waals surface area contributed by atoms with Crippen molar-refractivity contribution in [1.82, 2.24) is 9.78 Å². The summed E-state index contributed by atoms with van der Waals surface area (Å²) in [7, 11) is 0. The van der Waals surface area contributed by atoms with Gasteiger partial charge in [-0.3, -0.25) is 0 Å². The van der Waals surface area contributed by atoms with Crippen molar-refractivity contribution in [2.75, 3.05) is 5.73 Å². The van der Waals surface area contributed by atoms with Crippen molar-refractivity contribution in [1.29, 1.82) is 0 Å². The molecule has 0 fully saturated rings. The molecule has 0 bridgehead atoms. The van der Waals surface area contributed by atoms with Crippen LogP contribution in [0, 0.1) is 12.8 Å². The number of nitrogens with zero attached hydrogens (tertiary/aromatic N) is 2. The minimum Gasteiger partial charge on any atom is -0.383 e. The van der Waals surface area contributed by atoms with E-state index in [2.05, 4.69) is 25.9 Å². The lowest BCUT2D eigenvalue weighted by atomic mass is 10.0. The number of benzene rings is 1. The zero-order chi connectivity index (χ0) is 13.1. The molecule has 3 heteroatoms. The highest BCUT2D eigenvalue weighted by Gasteiger charge is 2.14. The molecule has 1 atom stereocenters. The molecule has 3 nitrogen and oxygen atoms in total. The number of para-hydroxylation sites is 1. The van der Waals surface area contributed by atoms with Crippen LogP contribution in [0.4, 0.5) is 5.82 Å². The van der Waals surface area contributed by atoms with Crippen LogP contribution < -0.4 is 5.73 Å². The smallest absolute Gasteiger partial charge is 0.130 e. The first-order valence-electron chi connectivity index (χ1n) is 6.52. The molecule has 0 saturated carbocycles. The number of anilines is 1. The predicted octanol–water partition coefficient (Wildman–Crippen LogP) is 3.35. The molecule has 2 aromatic rings. The third kappa shape index (κ3) is 2.40. The van der Waals surface area contributed by atoms with Gasteiger partial charge in [-0.15, -0.1) is 0 Å². The van der Waals surface area contributed by atoms with Crippen LogP contribution in [0.2, 0.25) is 0 Å². The van der Waals surface area contributed by atoms with Gasteiger partial charge in [-0.05, 0) is 31.4 Å². The molecule has 96 valence electrons. The molecule has 1 unspecified atom stereocenters. The highest BCUT2D eigenvalue weighted by Crippen LogP contribution is 2.22. The second kappa shape index (κ2) is 5.25. The van der Waals surface area contributed by atoms with E-state index < -0.39 is 0 Å². The van der Waals surface area contributed by atoms with Crippen LogP contribution in [0.25, 0.3) is 5.69 Å². The summed E-state index contributed by atoms with van der Waals surface area (Å²) < 4.78 is 1.84. The molecule has 2 N–H and O–H groups in total. The maximum atomic E-state index is 6.15. The largest absolute Gasteiger partial charge is 0.383 e. The normalized spacial score (nSPS) is 12.6. The van der Waals surface area contributed by atoms with Crippen molar-refractivity contribution in [2.45, 2.75) is 33.6 Å². The predicted molar refractivity (Wildman–Crippen MR) is 75.9 cm³/mol. The third-order valence-corrected chi connectivity index (χ3v) is 3.51. The molecule has 1 heterocycles. The van der Waals surface area contributed by atoms with Crippen molar-refractivity contribution >= 4 is 5.82 Å². The summed E-state index contributed by atoms with van der Waals surface area (Å²) in [4.78, 5) is 0. The summed E-state index contributed by atoms with van der Waals surface area (Å²) in [5, 5.41) is 4.66.